The zero-order chi connectivity index (χ0) is 23.4. The highest BCUT2D eigenvalue weighted by Gasteiger charge is 2.35. The van der Waals surface area contributed by atoms with Gasteiger partial charge in [0.1, 0.15) is 6.61 Å². The highest BCUT2D eigenvalue weighted by atomic mass is 79.9. The summed E-state index contributed by atoms with van der Waals surface area (Å²) < 4.78 is 13.1. The van der Waals surface area contributed by atoms with Crippen molar-refractivity contribution in [3.8, 4) is 11.5 Å². The van der Waals surface area contributed by atoms with Gasteiger partial charge < -0.3 is 9.47 Å². The van der Waals surface area contributed by atoms with Gasteiger partial charge in [0, 0.05) is 4.47 Å². The maximum Gasteiger partial charge on any atom is 0.293 e. The zero-order valence-electron chi connectivity index (χ0n) is 17.6. The van der Waals surface area contributed by atoms with E-state index in [1.807, 2.05) is 60.7 Å². The molecule has 1 saturated heterocycles. The van der Waals surface area contributed by atoms with Crippen LogP contribution in [0.15, 0.2) is 80.6 Å². The number of methoxy groups -OCH3 is 1. The Labute approximate surface area is 213 Å². The molecule has 1 aliphatic rings. The third-order valence-corrected chi connectivity index (χ3v) is 6.93. The summed E-state index contributed by atoms with van der Waals surface area (Å²) in [6.07, 6.45) is 1.70. The van der Waals surface area contributed by atoms with Crippen LogP contribution >= 0.6 is 43.6 Å². The molecule has 3 aromatic rings. The van der Waals surface area contributed by atoms with E-state index in [-0.39, 0.29) is 17.7 Å². The first-order valence-corrected chi connectivity index (χ1v) is 12.4. The normalized spacial score (nSPS) is 14.8. The molecule has 0 atom stereocenters. The number of carbonyl (C=O) groups is 2. The van der Waals surface area contributed by atoms with E-state index in [0.29, 0.717) is 27.5 Å². The van der Waals surface area contributed by atoms with E-state index in [2.05, 4.69) is 31.9 Å². The number of hydrogen-bond acceptors (Lipinski definition) is 5. The quantitative estimate of drug-likeness (QED) is 0.277. The summed E-state index contributed by atoms with van der Waals surface area (Å²) >= 11 is 7.86. The summed E-state index contributed by atoms with van der Waals surface area (Å²) in [5, 5.41) is -0.289. The molecule has 0 bridgehead atoms. The van der Waals surface area contributed by atoms with Crippen LogP contribution in [0.5, 0.6) is 11.5 Å². The summed E-state index contributed by atoms with van der Waals surface area (Å²) in [6, 6.07) is 21.0. The molecule has 3 aromatic carbocycles. The first-order valence-electron chi connectivity index (χ1n) is 9.98. The minimum absolute atomic E-state index is 0.231. The van der Waals surface area contributed by atoms with Gasteiger partial charge in [0.25, 0.3) is 11.1 Å². The number of halogens is 2. The van der Waals surface area contributed by atoms with Crippen molar-refractivity contribution in [1.82, 2.24) is 4.90 Å². The van der Waals surface area contributed by atoms with Crippen LogP contribution < -0.4 is 9.47 Å². The smallest absolute Gasteiger partial charge is 0.293 e. The largest absolute Gasteiger partial charge is 0.493 e. The molecule has 0 radical (unpaired) electrons. The van der Waals surface area contributed by atoms with Crippen molar-refractivity contribution < 1.29 is 19.1 Å². The Morgan fingerprint density at radius 1 is 0.970 bits per heavy atom. The van der Waals surface area contributed by atoms with Gasteiger partial charge in [-0.2, -0.15) is 0 Å². The first kappa shape index (κ1) is 23.6. The molecule has 0 aromatic heterocycles. The van der Waals surface area contributed by atoms with Crippen LogP contribution in [0.2, 0.25) is 0 Å². The van der Waals surface area contributed by atoms with Crippen molar-refractivity contribution >= 4 is 60.8 Å². The summed E-state index contributed by atoms with van der Waals surface area (Å²) in [5.74, 6) is 0.787. The number of benzene rings is 3. The van der Waals surface area contributed by atoms with E-state index in [1.165, 1.54) is 4.90 Å². The van der Waals surface area contributed by atoms with Crippen LogP contribution in [-0.2, 0) is 17.9 Å². The number of ether oxygens (including phenoxy) is 2. The van der Waals surface area contributed by atoms with Crippen LogP contribution in [0.3, 0.4) is 0 Å². The molecule has 0 saturated carbocycles. The Balaban J connectivity index is 1.53. The van der Waals surface area contributed by atoms with Gasteiger partial charge in [0.05, 0.1) is 23.0 Å². The van der Waals surface area contributed by atoms with Crippen molar-refractivity contribution in [1.29, 1.82) is 0 Å². The summed E-state index contributed by atoms with van der Waals surface area (Å²) in [4.78, 5) is 27.0. The summed E-state index contributed by atoms with van der Waals surface area (Å²) in [6.45, 7) is 0.624. The van der Waals surface area contributed by atoms with Gasteiger partial charge in [0.15, 0.2) is 11.5 Å². The van der Waals surface area contributed by atoms with Gasteiger partial charge in [-0.1, -0.05) is 58.4 Å². The third kappa shape index (κ3) is 5.69. The number of nitrogens with zero attached hydrogens (tertiary/aromatic N) is 1. The lowest BCUT2D eigenvalue weighted by atomic mass is 10.1. The topological polar surface area (TPSA) is 55.8 Å². The summed E-state index contributed by atoms with van der Waals surface area (Å²) in [5.41, 5.74) is 2.64. The standard InChI is InChI=1S/C25H19Br2NO4S/c1-31-21-12-18(11-20(27)23(21)32-15-17-5-3-2-4-6-17)13-22-24(29)28(25(30)33-22)14-16-7-9-19(26)10-8-16/h2-13H,14-15H2,1H3/b22-13-. The fraction of sp³-hybridized carbons (Fsp3) is 0.120. The highest BCUT2D eigenvalue weighted by molar-refractivity contribution is 9.10. The van der Waals surface area contributed by atoms with Gasteiger partial charge in [-0.3, -0.25) is 14.5 Å². The maximum atomic E-state index is 12.9. The second-order valence-electron chi connectivity index (χ2n) is 7.20. The fourth-order valence-corrected chi connectivity index (χ4v) is 4.93. The molecule has 1 fully saturated rings. The number of rotatable bonds is 7. The van der Waals surface area contributed by atoms with Gasteiger partial charge >= 0.3 is 0 Å². The Morgan fingerprint density at radius 2 is 1.70 bits per heavy atom. The average Bonchev–Trinajstić information content (AvgIpc) is 3.07. The lowest BCUT2D eigenvalue weighted by Gasteiger charge is -2.14. The minimum atomic E-state index is -0.313. The average molecular weight is 589 g/mol. The van der Waals surface area contributed by atoms with Crippen molar-refractivity contribution in [3.05, 3.63) is 97.3 Å². The van der Waals surface area contributed by atoms with E-state index < -0.39 is 0 Å². The molecular formula is C25H19Br2NO4S. The Kier molecular flexibility index (Phi) is 7.57. The van der Waals surface area contributed by atoms with E-state index >= 15 is 0 Å². The Bertz CT molecular complexity index is 1210. The third-order valence-electron chi connectivity index (χ3n) is 4.90. The second-order valence-corrected chi connectivity index (χ2v) is 9.97. The lowest BCUT2D eigenvalue weighted by Crippen LogP contribution is -2.27. The number of imide groups is 1. The molecule has 0 N–H and O–H groups in total. The molecule has 2 amide bonds. The van der Waals surface area contributed by atoms with Crippen LogP contribution in [0.25, 0.3) is 6.08 Å². The monoisotopic (exact) mass is 587 g/mol. The van der Waals surface area contributed by atoms with Crippen LogP contribution in [-0.4, -0.2) is 23.2 Å². The molecule has 33 heavy (non-hydrogen) atoms. The van der Waals surface area contributed by atoms with Gasteiger partial charge in [-0.05, 0) is 74.7 Å². The van der Waals surface area contributed by atoms with E-state index in [9.17, 15) is 9.59 Å². The Hall–Kier alpha value is -2.55. The maximum absolute atomic E-state index is 12.9. The highest BCUT2D eigenvalue weighted by Crippen LogP contribution is 2.39. The molecular weight excluding hydrogens is 570 g/mol. The van der Waals surface area contributed by atoms with Crippen molar-refractivity contribution in [3.63, 3.8) is 0 Å². The fourth-order valence-electron chi connectivity index (χ4n) is 3.25. The first-order chi connectivity index (χ1) is 15.9. The van der Waals surface area contributed by atoms with E-state index in [0.717, 1.165) is 32.9 Å². The summed E-state index contributed by atoms with van der Waals surface area (Å²) in [7, 11) is 1.56. The van der Waals surface area contributed by atoms with Gasteiger partial charge in [0.2, 0.25) is 0 Å². The molecule has 1 aliphatic heterocycles. The molecule has 0 unspecified atom stereocenters. The second kappa shape index (κ2) is 10.6. The van der Waals surface area contributed by atoms with Gasteiger partial charge in [-0.25, -0.2) is 0 Å². The minimum Gasteiger partial charge on any atom is -0.493 e. The predicted molar refractivity (Wildman–Crippen MR) is 137 cm³/mol. The van der Waals surface area contributed by atoms with Crippen LogP contribution in [0, 0.1) is 0 Å². The number of amides is 2. The van der Waals surface area contributed by atoms with Crippen LogP contribution in [0.4, 0.5) is 4.79 Å². The van der Waals surface area contributed by atoms with Gasteiger partial charge in [-0.15, -0.1) is 0 Å². The lowest BCUT2D eigenvalue weighted by molar-refractivity contribution is -0.123. The number of hydrogen-bond donors (Lipinski definition) is 0. The molecule has 1 heterocycles. The van der Waals surface area contributed by atoms with Crippen molar-refractivity contribution in [2.24, 2.45) is 0 Å². The van der Waals surface area contributed by atoms with Crippen molar-refractivity contribution in [2.45, 2.75) is 13.2 Å². The van der Waals surface area contributed by atoms with E-state index in [4.69, 9.17) is 9.47 Å². The predicted octanol–water partition coefficient (Wildman–Crippen LogP) is 7.04. The molecule has 5 nitrogen and oxygen atoms in total. The molecule has 8 heteroatoms. The van der Waals surface area contributed by atoms with Crippen molar-refractivity contribution in [2.75, 3.05) is 7.11 Å². The number of carbonyl (C=O) groups excluding carboxylic acids is 2. The number of thioether (sulfide) groups is 1. The Morgan fingerprint density at radius 3 is 2.39 bits per heavy atom. The van der Waals surface area contributed by atoms with E-state index in [1.54, 1.807) is 19.3 Å². The zero-order valence-corrected chi connectivity index (χ0v) is 21.6. The SMILES string of the molecule is COc1cc(/C=C2\SC(=O)N(Cc3ccc(Br)cc3)C2=O)cc(Br)c1OCc1ccccc1. The molecule has 0 spiro atoms. The molecule has 0 aliphatic carbocycles. The molecule has 168 valence electrons. The van der Waals surface area contributed by atoms with Crippen LogP contribution in [0.1, 0.15) is 16.7 Å². The molecule has 4 rings (SSSR count).